The highest BCUT2D eigenvalue weighted by molar-refractivity contribution is 7.22. The number of rotatable bonds is 9. The van der Waals surface area contributed by atoms with Gasteiger partial charge in [-0.2, -0.15) is 23.1 Å². The molecule has 2 aliphatic rings. The summed E-state index contributed by atoms with van der Waals surface area (Å²) in [6.45, 7) is -0.0228. The lowest BCUT2D eigenvalue weighted by atomic mass is 9.95. The third-order valence-corrected chi connectivity index (χ3v) is 8.98. The summed E-state index contributed by atoms with van der Waals surface area (Å²) in [4.78, 5) is 14.5. The molecule has 16 heteroatoms. The molecule has 236 valence electrons. The van der Waals surface area contributed by atoms with Gasteiger partial charge in [-0.3, -0.25) is 0 Å². The third-order valence-electron chi connectivity index (χ3n) is 8.09. The van der Waals surface area contributed by atoms with E-state index in [0.717, 1.165) is 42.4 Å². The van der Waals surface area contributed by atoms with Crippen molar-refractivity contribution in [2.24, 2.45) is 0 Å². The molecule has 10 nitrogen and oxygen atoms in total. The van der Waals surface area contributed by atoms with E-state index in [0.29, 0.717) is 13.1 Å². The molecule has 2 saturated heterocycles. The second-order valence-corrected chi connectivity index (χ2v) is 12.0. The van der Waals surface area contributed by atoms with Gasteiger partial charge in [-0.15, -0.1) is 0 Å². The van der Waals surface area contributed by atoms with Gasteiger partial charge < -0.3 is 35.3 Å². The van der Waals surface area contributed by atoms with Gasteiger partial charge in [-0.1, -0.05) is 11.3 Å². The van der Waals surface area contributed by atoms with E-state index in [4.69, 9.17) is 19.9 Å². The van der Waals surface area contributed by atoms with Crippen LogP contribution in [0.1, 0.15) is 18.4 Å². The monoisotopic (exact) mass is 640 g/mol. The predicted molar refractivity (Wildman–Crippen MR) is 154 cm³/mol. The third kappa shape index (κ3) is 5.38. The highest BCUT2D eigenvalue weighted by Crippen LogP contribution is 2.46. The zero-order valence-electron chi connectivity index (χ0n) is 23.7. The molecule has 3 atom stereocenters. The minimum Gasteiger partial charge on any atom is -0.460 e. The lowest BCUT2D eigenvalue weighted by Gasteiger charge is -2.34. The number of hydrogen-bond donors (Lipinski definition) is 3. The number of aliphatic hydroxyl groups excluding tert-OH is 1. The summed E-state index contributed by atoms with van der Waals surface area (Å²) in [5, 5.41) is 13.2. The number of aromatic nitrogens is 3. The summed E-state index contributed by atoms with van der Waals surface area (Å²) < 4.78 is 91.6. The highest BCUT2D eigenvalue weighted by atomic mass is 32.1. The number of anilines is 2. The molecule has 0 radical (unpaired) electrons. The molecule has 0 amide bonds. The molecule has 3 unspecified atom stereocenters. The van der Waals surface area contributed by atoms with Crippen LogP contribution in [0.25, 0.3) is 32.2 Å². The summed E-state index contributed by atoms with van der Waals surface area (Å²) in [6, 6.07) is 2.63. The molecule has 2 aliphatic heterocycles. The topological polar surface area (TPSA) is 128 Å². The fourth-order valence-electron chi connectivity index (χ4n) is 5.92. The maximum absolute atomic E-state index is 16.7. The summed E-state index contributed by atoms with van der Waals surface area (Å²) >= 11 is 0.745. The normalized spacial score (nSPS) is 20.0. The van der Waals surface area contributed by atoms with Gasteiger partial charge in [0, 0.05) is 55.9 Å². The Hall–Kier alpha value is -3.44. The first-order valence-electron chi connectivity index (χ1n) is 13.7. The smallest absolute Gasteiger partial charge is 0.417 e. The number of thiazole rings is 1. The van der Waals surface area contributed by atoms with Crippen LogP contribution in [0.4, 0.5) is 32.9 Å². The Bertz CT molecular complexity index is 1700. The summed E-state index contributed by atoms with van der Waals surface area (Å²) in [5.74, 6) is -1.99. The number of halogens is 5. The number of aliphatic hydroxyl groups is 1. The lowest BCUT2D eigenvalue weighted by Crippen LogP contribution is -2.51. The van der Waals surface area contributed by atoms with E-state index >= 15 is 4.39 Å². The molecule has 4 aromatic rings. The Morgan fingerprint density at radius 3 is 2.43 bits per heavy atom. The molecule has 2 aromatic heterocycles. The van der Waals surface area contributed by atoms with Crippen LogP contribution in [0.5, 0.6) is 6.01 Å². The van der Waals surface area contributed by atoms with Crippen LogP contribution in [0.15, 0.2) is 18.2 Å². The molecule has 0 saturated carbocycles. The van der Waals surface area contributed by atoms with E-state index in [1.165, 1.54) is 14.2 Å². The lowest BCUT2D eigenvalue weighted by molar-refractivity contribution is -0.137. The van der Waals surface area contributed by atoms with Gasteiger partial charge in [-0.05, 0) is 31.0 Å². The number of benzene rings is 2. The molecule has 4 heterocycles. The Morgan fingerprint density at radius 2 is 1.80 bits per heavy atom. The van der Waals surface area contributed by atoms with Crippen LogP contribution in [0, 0.1) is 11.6 Å². The molecule has 0 aliphatic carbocycles. The molecule has 4 N–H and O–H groups in total. The SMILES string of the molecule is COCC(CO)(COc1nc(N2CC3CCC(C2)N3)c2cc(C(F)(F)F)c(-c3ccc(F)c4sc(N)nc34)c(F)c2n1)OC. The number of methoxy groups -OCH3 is 2. The van der Waals surface area contributed by atoms with E-state index in [1.54, 1.807) is 4.90 Å². The van der Waals surface area contributed by atoms with E-state index in [2.05, 4.69) is 20.3 Å². The van der Waals surface area contributed by atoms with E-state index in [1.807, 2.05) is 0 Å². The van der Waals surface area contributed by atoms with Crippen molar-refractivity contribution in [1.82, 2.24) is 20.3 Å². The van der Waals surface area contributed by atoms with Crippen molar-refractivity contribution >= 4 is 43.4 Å². The van der Waals surface area contributed by atoms with Crippen LogP contribution >= 0.6 is 11.3 Å². The van der Waals surface area contributed by atoms with Gasteiger partial charge in [0.15, 0.2) is 10.9 Å². The number of nitrogens with zero attached hydrogens (tertiary/aromatic N) is 4. The number of fused-ring (bicyclic) bond motifs is 4. The first-order chi connectivity index (χ1) is 21.0. The molecule has 6 rings (SSSR count). The van der Waals surface area contributed by atoms with Crippen LogP contribution in [0.2, 0.25) is 0 Å². The van der Waals surface area contributed by atoms with Gasteiger partial charge in [0.25, 0.3) is 0 Å². The number of ether oxygens (including phenoxy) is 3. The first kappa shape index (κ1) is 30.6. The van der Waals surface area contributed by atoms with Gasteiger partial charge in [0.1, 0.15) is 29.4 Å². The maximum atomic E-state index is 16.7. The second-order valence-electron chi connectivity index (χ2n) is 11.0. The highest BCUT2D eigenvalue weighted by Gasteiger charge is 2.40. The molecular weight excluding hydrogens is 611 g/mol. The van der Waals surface area contributed by atoms with Crippen LogP contribution in [-0.4, -0.2) is 84.9 Å². The zero-order chi connectivity index (χ0) is 31.4. The van der Waals surface area contributed by atoms with Crippen molar-refractivity contribution < 1.29 is 41.3 Å². The number of piperazine rings is 1. The number of hydrogen-bond acceptors (Lipinski definition) is 11. The predicted octanol–water partition coefficient (Wildman–Crippen LogP) is 4.13. The van der Waals surface area contributed by atoms with Crippen LogP contribution in [-0.2, 0) is 15.7 Å². The van der Waals surface area contributed by atoms with Crippen molar-refractivity contribution in [3.63, 3.8) is 0 Å². The summed E-state index contributed by atoms with van der Waals surface area (Å²) in [7, 11) is 2.76. The second kappa shape index (κ2) is 11.5. The minimum absolute atomic E-state index is 0.0631. The van der Waals surface area contributed by atoms with Gasteiger partial charge in [-0.25, -0.2) is 13.8 Å². The van der Waals surface area contributed by atoms with E-state index in [-0.39, 0.29) is 63.4 Å². The number of nitrogens with two attached hydrogens (primary N) is 1. The minimum atomic E-state index is -5.01. The first-order valence-corrected chi connectivity index (χ1v) is 14.5. The van der Waals surface area contributed by atoms with E-state index in [9.17, 15) is 22.7 Å². The number of nitrogens with one attached hydrogen (secondary N) is 1. The molecule has 0 spiro atoms. The molecule has 44 heavy (non-hydrogen) atoms. The van der Waals surface area contributed by atoms with Gasteiger partial charge in [0.05, 0.1) is 29.0 Å². The summed E-state index contributed by atoms with van der Waals surface area (Å²) in [6.07, 6.45) is -3.26. The Kier molecular flexibility index (Phi) is 7.98. The van der Waals surface area contributed by atoms with Gasteiger partial charge >= 0.3 is 12.2 Å². The Morgan fingerprint density at radius 1 is 1.07 bits per heavy atom. The Labute approximate surface area is 251 Å². The standard InChI is InChI=1S/C28H29F5N6O4S/c1-41-11-27(10-40,42-2)12-43-26-37-21-16(24(38-26)39-8-13-3-4-14(9-39)35-13)7-17(28(31,32)33)19(20(21)30)15-5-6-18(29)23-22(15)36-25(34)44-23/h5-7,13-14,35,40H,3-4,8-12H2,1-2H3,(H2,34,36). The van der Waals surface area contributed by atoms with E-state index < -0.39 is 46.7 Å². The van der Waals surface area contributed by atoms with Crippen molar-refractivity contribution in [3.8, 4) is 17.1 Å². The zero-order valence-corrected chi connectivity index (χ0v) is 24.5. The largest absolute Gasteiger partial charge is 0.460 e. The van der Waals surface area contributed by atoms with Crippen molar-refractivity contribution in [3.05, 3.63) is 35.4 Å². The maximum Gasteiger partial charge on any atom is 0.417 e. The molecule has 2 fully saturated rings. The van der Waals surface area contributed by atoms with Crippen LogP contribution < -0.4 is 20.7 Å². The number of nitrogen functional groups attached to an aromatic ring is 1. The Balaban J connectivity index is 1.59. The fourth-order valence-corrected chi connectivity index (χ4v) is 6.69. The van der Waals surface area contributed by atoms with Crippen molar-refractivity contribution in [2.45, 2.75) is 36.7 Å². The molecule has 2 aromatic carbocycles. The number of alkyl halides is 3. The fraction of sp³-hybridized carbons (Fsp3) is 0.464. The average molecular weight is 641 g/mol. The molecule has 2 bridgehead atoms. The van der Waals surface area contributed by atoms with Gasteiger partial charge in [0.2, 0.25) is 0 Å². The van der Waals surface area contributed by atoms with Crippen molar-refractivity contribution in [2.75, 3.05) is 57.8 Å². The summed E-state index contributed by atoms with van der Waals surface area (Å²) in [5.41, 5.74) is 1.39. The molecular formula is C28H29F5N6O4S. The van der Waals surface area contributed by atoms with Crippen LogP contribution in [0.3, 0.4) is 0 Å². The quantitative estimate of drug-likeness (QED) is 0.230. The average Bonchev–Trinajstić information content (AvgIpc) is 3.56. The van der Waals surface area contributed by atoms with Crippen molar-refractivity contribution in [1.29, 1.82) is 0 Å².